The fourth-order valence-electron chi connectivity index (χ4n) is 13.3. The first kappa shape index (κ1) is 63.3. The third kappa shape index (κ3) is 13.5. The summed E-state index contributed by atoms with van der Waals surface area (Å²) in [6, 6.07) is 6.39. The summed E-state index contributed by atoms with van der Waals surface area (Å²) in [5.74, 6) is 17.9. The molecule has 0 amide bonds. The van der Waals surface area contributed by atoms with E-state index in [1.807, 2.05) is 36.8 Å². The first-order valence-electron chi connectivity index (χ1n) is 32.8. The maximum atomic E-state index is 14.7. The average molecular weight is 1290 g/mol. The van der Waals surface area contributed by atoms with Crippen LogP contribution in [0.1, 0.15) is 121 Å². The van der Waals surface area contributed by atoms with Crippen molar-refractivity contribution in [3.63, 3.8) is 0 Å². The van der Waals surface area contributed by atoms with E-state index in [9.17, 15) is 28.5 Å². The minimum absolute atomic E-state index is 0.0187. The largest absolute Gasteiger partial charge is 0.378 e. The van der Waals surface area contributed by atoms with Crippen molar-refractivity contribution in [1.82, 2.24) is 73.3 Å². The van der Waals surface area contributed by atoms with Gasteiger partial charge in [-0.2, -0.15) is 0 Å². The number of aliphatic hydroxyl groups is 3. The lowest BCUT2D eigenvalue weighted by molar-refractivity contribution is 0.0976. The molecule has 4 unspecified atom stereocenters. The summed E-state index contributed by atoms with van der Waals surface area (Å²) in [5.41, 5.74) is 20.9. The van der Waals surface area contributed by atoms with Crippen molar-refractivity contribution in [3.8, 4) is 69.3 Å². The van der Waals surface area contributed by atoms with Crippen LogP contribution in [0.2, 0.25) is 0 Å². The quantitative estimate of drug-likeness (QED) is 0.0629. The molecule has 9 aromatic heterocycles. The Kier molecular flexibility index (Phi) is 16.6. The number of likely N-dealkylation sites (N-methyl/N-ethyl adjacent to an activating group) is 2. The lowest BCUT2D eigenvalue weighted by Crippen LogP contribution is -2.48. The molecule has 0 bridgehead atoms. The van der Waals surface area contributed by atoms with Gasteiger partial charge in [0.05, 0.1) is 65.8 Å². The van der Waals surface area contributed by atoms with Crippen LogP contribution in [-0.4, -0.2) is 165 Å². The molecule has 9 aromatic rings. The van der Waals surface area contributed by atoms with Gasteiger partial charge in [-0.25, -0.2) is 58.0 Å². The number of pyridine rings is 3. The monoisotopic (exact) mass is 1290 g/mol. The average Bonchev–Trinajstić information content (AvgIpc) is 1.60. The van der Waals surface area contributed by atoms with E-state index in [-0.39, 0.29) is 64.8 Å². The van der Waals surface area contributed by atoms with E-state index in [4.69, 9.17) is 17.2 Å². The van der Waals surface area contributed by atoms with Crippen LogP contribution in [0.3, 0.4) is 0 Å². The molecule has 0 radical (unpaired) electrons. The molecule has 7 fully saturated rings. The first-order chi connectivity index (χ1) is 45.5. The molecular formula is C71H77F3N18O3. The molecule has 3 aliphatic heterocycles. The van der Waals surface area contributed by atoms with Crippen LogP contribution in [0.25, 0.3) is 66.5 Å². The Labute approximate surface area is 548 Å². The zero-order chi connectivity index (χ0) is 66.2. The molecule has 4 atom stereocenters. The second-order valence-electron chi connectivity index (χ2n) is 27.4. The third-order valence-electron chi connectivity index (χ3n) is 19.7. The highest BCUT2D eigenvalue weighted by atomic mass is 19.1. The highest BCUT2D eigenvalue weighted by Gasteiger charge is 2.41. The van der Waals surface area contributed by atoms with Crippen molar-refractivity contribution < 1.29 is 28.5 Å². The van der Waals surface area contributed by atoms with Crippen molar-refractivity contribution >= 4 is 50.6 Å². The van der Waals surface area contributed by atoms with E-state index in [0.29, 0.717) is 39.8 Å². The van der Waals surface area contributed by atoms with Crippen molar-refractivity contribution in [2.45, 2.75) is 120 Å². The second-order valence-corrected chi connectivity index (χ2v) is 27.4. The number of aromatic nitrogens is 12. The number of anilines is 3. The predicted octanol–water partition coefficient (Wildman–Crippen LogP) is 8.20. The minimum atomic E-state index is -1.02. The summed E-state index contributed by atoms with van der Waals surface area (Å²) in [7, 11) is 2.06. The summed E-state index contributed by atoms with van der Waals surface area (Å²) in [6.07, 6.45) is 24.1. The van der Waals surface area contributed by atoms with Gasteiger partial charge < -0.3 is 56.0 Å². The molecule has 9 N–H and O–H groups in total. The second kappa shape index (κ2) is 24.9. The standard InChI is InChI=1S/C25H27FN6O.C24H27FN6O.C22H23FN6O/c1-25(33,16-4-5-16)7-6-17-8-19-20(23-21(26)9-29-24(27)30-23)14-32(22(19)10-28-17)18-12-31(13-18)11-15-2-3-15;1-3-30-9-7-17(13-30)31-14-19(22-20(25)11-28-23(26)29-22)18-10-16(27-12-21(18)31)6-8-24(2,32)15-4-5-15;1-22(30,13-3-4-13)6-5-14-7-16-17(20-18(23)8-26-21(24)27-20)12-29(19(16)9-25-14)15-10-28(2)11-15/h8-10,14-16,18,33H,2-5,11-13H2,1H3,(H2,27,29,30);10-12,14-15,17,32H,3-5,7,9,13H2,1-2H3,(H2,26,28,29);7-9,12-13,15,30H,3-4,10-11H2,1-2H3,(H2,24,26,27). The number of hydrogen-bond acceptors (Lipinski definition) is 18. The molecule has 3 saturated heterocycles. The van der Waals surface area contributed by atoms with E-state index in [0.717, 1.165) is 148 Å². The summed E-state index contributed by atoms with van der Waals surface area (Å²) >= 11 is 0. The van der Waals surface area contributed by atoms with Crippen LogP contribution >= 0.6 is 0 Å². The summed E-state index contributed by atoms with van der Waals surface area (Å²) in [4.78, 5) is 44.4. The number of nitrogens with zero attached hydrogens (tertiary/aromatic N) is 15. The summed E-state index contributed by atoms with van der Waals surface area (Å²) < 4.78 is 50.5. The highest BCUT2D eigenvalue weighted by molar-refractivity contribution is 5.98. The smallest absolute Gasteiger partial charge is 0.220 e. The molecular weight excluding hydrogens is 1210 g/mol. The van der Waals surface area contributed by atoms with Gasteiger partial charge in [0, 0.05) is 103 Å². The van der Waals surface area contributed by atoms with Gasteiger partial charge >= 0.3 is 0 Å². The van der Waals surface area contributed by atoms with Crippen molar-refractivity contribution in [3.05, 3.63) is 109 Å². The Hall–Kier alpha value is -9.06. The van der Waals surface area contributed by atoms with Gasteiger partial charge in [0.2, 0.25) is 17.8 Å². The molecule has 16 rings (SSSR count). The Balaban J connectivity index is 0.000000123. The Morgan fingerprint density at radius 1 is 0.474 bits per heavy atom. The number of rotatable bonds is 12. The minimum Gasteiger partial charge on any atom is -0.378 e. The Bertz CT molecular complexity index is 4650. The maximum absolute atomic E-state index is 14.7. The Morgan fingerprint density at radius 3 is 1.15 bits per heavy atom. The van der Waals surface area contributed by atoms with Crippen molar-refractivity contribution in [2.24, 2.45) is 23.7 Å². The highest BCUT2D eigenvalue weighted by Crippen LogP contribution is 2.43. The van der Waals surface area contributed by atoms with Crippen LogP contribution < -0.4 is 17.2 Å². The number of hydrogen-bond donors (Lipinski definition) is 6. The van der Waals surface area contributed by atoms with Gasteiger partial charge in [-0.05, 0) is 152 Å². The van der Waals surface area contributed by atoms with E-state index in [1.54, 1.807) is 39.4 Å². The van der Waals surface area contributed by atoms with Gasteiger partial charge in [0.25, 0.3) is 0 Å². The van der Waals surface area contributed by atoms with Crippen LogP contribution in [-0.2, 0) is 0 Å². The maximum Gasteiger partial charge on any atom is 0.220 e. The molecule has 0 spiro atoms. The number of nitrogens with two attached hydrogens (primary N) is 3. The van der Waals surface area contributed by atoms with E-state index >= 15 is 0 Å². The SMILES string of the molecule is CC(O)(C#Cc1cc2c(-c3nc(N)ncc3F)cn(C3CN(CC4CC4)C3)c2cn1)C1CC1.CCN1CCC(n2cc(-c3nc(N)ncc3F)c3cc(C#CC(C)(O)C4CC4)ncc32)C1.CN1CC(n2cc(-c3nc(N)ncc3F)c3cc(C#CC(C)(O)C4CC4)ncc32)C1. The third-order valence-corrected chi connectivity index (χ3v) is 19.7. The molecule has 4 aliphatic carbocycles. The van der Waals surface area contributed by atoms with Crippen molar-refractivity contribution in [2.75, 3.05) is 76.6 Å². The Morgan fingerprint density at radius 2 is 0.821 bits per heavy atom. The summed E-state index contributed by atoms with van der Waals surface area (Å²) in [5, 5.41) is 34.0. The van der Waals surface area contributed by atoms with Crippen LogP contribution in [0.5, 0.6) is 0 Å². The predicted molar refractivity (Wildman–Crippen MR) is 357 cm³/mol. The van der Waals surface area contributed by atoms with E-state index in [2.05, 4.69) is 123 Å². The zero-order valence-electron chi connectivity index (χ0n) is 53.9. The number of fused-ring (bicyclic) bond motifs is 3. The fraction of sp³-hybridized carbons (Fsp3) is 0.451. The molecule has 12 heterocycles. The number of likely N-dealkylation sites (tertiary alicyclic amines) is 3. The van der Waals surface area contributed by atoms with Crippen LogP contribution in [0.15, 0.2) is 74.0 Å². The number of halogens is 3. The zero-order valence-corrected chi connectivity index (χ0v) is 53.9. The van der Waals surface area contributed by atoms with Crippen molar-refractivity contribution in [1.29, 1.82) is 0 Å². The normalized spacial score (nSPS) is 20.3. The van der Waals surface area contributed by atoms with E-state index < -0.39 is 34.3 Å². The molecule has 7 aliphatic rings. The molecule has 490 valence electrons. The topological polar surface area (TPSA) is 279 Å². The number of nitrogen functional groups attached to an aromatic ring is 3. The van der Waals surface area contributed by atoms with E-state index in [1.165, 1.54) is 19.4 Å². The molecule has 4 saturated carbocycles. The summed E-state index contributed by atoms with van der Waals surface area (Å²) in [6.45, 7) is 15.3. The van der Waals surface area contributed by atoms with Gasteiger partial charge in [0.15, 0.2) is 17.5 Å². The van der Waals surface area contributed by atoms with Gasteiger partial charge in [-0.3, -0.25) is 4.90 Å². The van der Waals surface area contributed by atoms with Gasteiger partial charge in [-0.15, -0.1) is 0 Å². The molecule has 24 heteroatoms. The lowest BCUT2D eigenvalue weighted by Gasteiger charge is -2.40. The first-order valence-corrected chi connectivity index (χ1v) is 32.8. The molecule has 21 nitrogen and oxygen atoms in total. The molecule has 0 aromatic carbocycles. The van der Waals surface area contributed by atoms with Crippen LogP contribution in [0.4, 0.5) is 31.0 Å². The fourth-order valence-corrected chi connectivity index (χ4v) is 13.3. The lowest BCUT2D eigenvalue weighted by atomic mass is 10.0. The molecule has 95 heavy (non-hydrogen) atoms. The van der Waals surface area contributed by atoms with Gasteiger partial charge in [-0.1, -0.05) is 24.7 Å². The van der Waals surface area contributed by atoms with Gasteiger partial charge in [0.1, 0.15) is 51.0 Å². The van der Waals surface area contributed by atoms with Crippen LogP contribution in [0, 0.1) is 76.6 Å².